The van der Waals surface area contributed by atoms with Crippen molar-refractivity contribution in [2.45, 2.75) is 20.4 Å². The Labute approximate surface area is 150 Å². The zero-order valence-corrected chi connectivity index (χ0v) is 15.3. The van der Waals surface area contributed by atoms with Crippen LogP contribution in [0.15, 0.2) is 24.3 Å². The highest BCUT2D eigenvalue weighted by Crippen LogP contribution is 2.44. The molecule has 0 aliphatic carbocycles. The number of benzene rings is 1. The van der Waals surface area contributed by atoms with Crippen molar-refractivity contribution in [1.29, 1.82) is 0 Å². The van der Waals surface area contributed by atoms with E-state index in [4.69, 9.17) is 0 Å². The average Bonchev–Trinajstić information content (AvgIpc) is 3.19. The highest BCUT2D eigenvalue weighted by atomic mass is 32.1. The number of carbonyl (C=O) groups is 2. The Morgan fingerprint density at radius 1 is 1.36 bits per heavy atom. The molecule has 0 saturated carbocycles. The first kappa shape index (κ1) is 16.5. The Morgan fingerprint density at radius 3 is 2.80 bits per heavy atom. The topological polar surface area (TPSA) is 60.9 Å². The maximum Gasteiger partial charge on any atom is 0.313 e. The van der Waals surface area contributed by atoms with Gasteiger partial charge >= 0.3 is 5.97 Å². The van der Waals surface area contributed by atoms with Crippen molar-refractivity contribution < 1.29 is 14.7 Å². The third kappa shape index (κ3) is 2.39. The number of amides is 1. The summed E-state index contributed by atoms with van der Waals surface area (Å²) in [7, 11) is 0. The van der Waals surface area contributed by atoms with Gasteiger partial charge in [-0.25, -0.2) is 0 Å². The molecule has 25 heavy (non-hydrogen) atoms. The smallest absolute Gasteiger partial charge is 0.313 e. The van der Waals surface area contributed by atoms with Crippen molar-refractivity contribution in [2.75, 3.05) is 26.2 Å². The Balaban J connectivity index is 1.63. The molecule has 1 aromatic heterocycles. The normalized spacial score (nSPS) is 26.6. The molecule has 2 atom stereocenters. The fraction of sp³-hybridized carbons (Fsp3) is 0.474. The minimum atomic E-state index is -0.952. The minimum Gasteiger partial charge on any atom is -0.481 e. The second-order valence-electron chi connectivity index (χ2n) is 7.17. The first-order valence-corrected chi connectivity index (χ1v) is 9.49. The van der Waals surface area contributed by atoms with Crippen LogP contribution < -0.4 is 0 Å². The molecule has 4 rings (SSSR count). The monoisotopic (exact) mass is 358 g/mol. The largest absolute Gasteiger partial charge is 0.481 e. The van der Waals surface area contributed by atoms with Gasteiger partial charge in [-0.05, 0) is 30.9 Å². The summed E-state index contributed by atoms with van der Waals surface area (Å²) in [6.07, 6.45) is 0. The van der Waals surface area contributed by atoms with Gasteiger partial charge in [0.2, 0.25) is 5.91 Å². The lowest BCUT2D eigenvalue weighted by molar-refractivity contribution is -0.149. The van der Waals surface area contributed by atoms with Crippen molar-refractivity contribution in [2.24, 2.45) is 11.3 Å². The van der Waals surface area contributed by atoms with Gasteiger partial charge in [-0.3, -0.25) is 14.5 Å². The molecule has 2 aromatic rings. The lowest BCUT2D eigenvalue weighted by Crippen LogP contribution is -2.40. The fourth-order valence-corrected chi connectivity index (χ4v) is 5.51. The van der Waals surface area contributed by atoms with Crippen LogP contribution in [0.2, 0.25) is 0 Å². The number of rotatable bonds is 4. The van der Waals surface area contributed by atoms with Crippen LogP contribution in [0.3, 0.4) is 0 Å². The maximum atomic E-state index is 12.6. The number of hydrogen-bond acceptors (Lipinski definition) is 4. The van der Waals surface area contributed by atoms with Crippen molar-refractivity contribution >= 4 is 33.3 Å². The first-order valence-electron chi connectivity index (χ1n) is 8.68. The molecule has 2 fully saturated rings. The van der Waals surface area contributed by atoms with Crippen LogP contribution in [-0.4, -0.2) is 53.0 Å². The second kappa shape index (κ2) is 5.81. The molecule has 1 N–H and O–H groups in total. The van der Waals surface area contributed by atoms with Crippen LogP contribution in [0.1, 0.15) is 17.4 Å². The summed E-state index contributed by atoms with van der Waals surface area (Å²) in [6, 6.07) is 8.33. The number of aliphatic carboxylic acids is 1. The predicted molar refractivity (Wildman–Crippen MR) is 97.7 cm³/mol. The maximum absolute atomic E-state index is 12.6. The number of nitrogens with zero attached hydrogens (tertiary/aromatic N) is 2. The summed E-state index contributed by atoms with van der Waals surface area (Å²) in [5, 5.41) is 11.1. The van der Waals surface area contributed by atoms with E-state index in [-0.39, 0.29) is 5.91 Å². The standard InChI is InChI=1S/C19H22N2O3S/c1-3-21-11-19(18(23)24)10-20(9-15(19)17(21)22)8-14-12(2)25-16-7-5-4-6-13(14)16/h4-7,15H,3,8-11H2,1-2H3,(H,23,24)/t15-,19-/m0/s1. The number of hydrogen-bond donors (Lipinski definition) is 1. The third-order valence-corrected chi connectivity index (χ3v) is 6.91. The van der Waals surface area contributed by atoms with E-state index in [0.717, 1.165) is 0 Å². The van der Waals surface area contributed by atoms with Crippen LogP contribution >= 0.6 is 11.3 Å². The van der Waals surface area contributed by atoms with Crippen LogP contribution in [0.5, 0.6) is 0 Å². The lowest BCUT2D eigenvalue weighted by atomic mass is 9.81. The number of carboxylic acid groups (broad SMARTS) is 1. The lowest BCUT2D eigenvalue weighted by Gasteiger charge is -2.24. The van der Waals surface area contributed by atoms with Gasteiger partial charge in [0, 0.05) is 42.3 Å². The average molecular weight is 358 g/mol. The molecule has 0 unspecified atom stereocenters. The highest BCUT2D eigenvalue weighted by molar-refractivity contribution is 7.19. The minimum absolute atomic E-state index is 0.000649. The summed E-state index contributed by atoms with van der Waals surface area (Å²) in [4.78, 5) is 29.8. The van der Waals surface area contributed by atoms with Crippen LogP contribution in [-0.2, 0) is 16.1 Å². The van der Waals surface area contributed by atoms with Crippen molar-refractivity contribution in [3.8, 4) is 0 Å². The van der Waals surface area contributed by atoms with Crippen molar-refractivity contribution in [3.63, 3.8) is 0 Å². The highest BCUT2D eigenvalue weighted by Gasteiger charge is 2.61. The van der Waals surface area contributed by atoms with E-state index in [1.807, 2.05) is 19.1 Å². The van der Waals surface area contributed by atoms with Gasteiger partial charge in [0.05, 0.1) is 5.92 Å². The molecular formula is C19H22N2O3S. The van der Waals surface area contributed by atoms with Crippen LogP contribution in [0, 0.1) is 18.3 Å². The Kier molecular flexibility index (Phi) is 3.85. The Bertz CT molecular complexity index is 861. The van der Waals surface area contributed by atoms with Gasteiger partial charge < -0.3 is 10.0 Å². The molecule has 1 amide bonds. The molecule has 2 saturated heterocycles. The summed E-state index contributed by atoms with van der Waals surface area (Å²) >= 11 is 1.78. The zero-order chi connectivity index (χ0) is 17.8. The van der Waals surface area contributed by atoms with E-state index in [2.05, 4.69) is 24.0 Å². The third-order valence-electron chi connectivity index (χ3n) is 5.79. The molecule has 1 aromatic carbocycles. The predicted octanol–water partition coefficient (Wildman–Crippen LogP) is 2.57. The van der Waals surface area contributed by atoms with E-state index in [1.165, 1.54) is 20.5 Å². The van der Waals surface area contributed by atoms with Gasteiger partial charge in [0.1, 0.15) is 5.41 Å². The summed E-state index contributed by atoms with van der Waals surface area (Å²) in [5.41, 5.74) is 0.313. The molecule has 5 nitrogen and oxygen atoms in total. The van der Waals surface area contributed by atoms with Crippen LogP contribution in [0.25, 0.3) is 10.1 Å². The quantitative estimate of drug-likeness (QED) is 0.913. The van der Waals surface area contributed by atoms with E-state index in [1.54, 1.807) is 16.2 Å². The fourth-order valence-electron chi connectivity index (χ4n) is 4.43. The Morgan fingerprint density at radius 2 is 2.12 bits per heavy atom. The molecule has 0 radical (unpaired) electrons. The van der Waals surface area contributed by atoms with E-state index in [0.29, 0.717) is 32.7 Å². The number of carboxylic acids is 1. The molecule has 6 heteroatoms. The summed E-state index contributed by atoms with van der Waals surface area (Å²) < 4.78 is 1.26. The van der Waals surface area contributed by atoms with Gasteiger partial charge in [-0.1, -0.05) is 18.2 Å². The molecule has 0 spiro atoms. The second-order valence-corrected chi connectivity index (χ2v) is 8.43. The van der Waals surface area contributed by atoms with Gasteiger partial charge in [-0.2, -0.15) is 0 Å². The molecule has 2 aliphatic rings. The zero-order valence-electron chi connectivity index (χ0n) is 14.5. The number of carbonyl (C=O) groups excluding carboxylic acids is 1. The van der Waals surface area contributed by atoms with E-state index < -0.39 is 17.3 Å². The van der Waals surface area contributed by atoms with E-state index >= 15 is 0 Å². The van der Waals surface area contributed by atoms with Gasteiger partial charge in [0.25, 0.3) is 0 Å². The molecule has 3 heterocycles. The summed E-state index contributed by atoms with van der Waals surface area (Å²) in [5.74, 6) is -1.26. The van der Waals surface area contributed by atoms with Gasteiger partial charge in [-0.15, -0.1) is 11.3 Å². The SMILES string of the molecule is CCN1C[C@@]2(C(=O)O)CN(Cc3c(C)sc4ccccc34)C[C@H]2C1=O. The number of thiophene rings is 1. The number of aryl methyl sites for hydroxylation is 1. The first-order chi connectivity index (χ1) is 12.0. The summed E-state index contributed by atoms with van der Waals surface area (Å²) in [6.45, 7) is 6.63. The molecule has 132 valence electrons. The number of likely N-dealkylation sites (tertiary alicyclic amines) is 2. The van der Waals surface area contributed by atoms with Crippen molar-refractivity contribution in [3.05, 3.63) is 34.7 Å². The van der Waals surface area contributed by atoms with E-state index in [9.17, 15) is 14.7 Å². The van der Waals surface area contributed by atoms with Crippen molar-refractivity contribution in [1.82, 2.24) is 9.80 Å². The Hall–Kier alpha value is -1.92. The number of fused-ring (bicyclic) bond motifs is 2. The molecule has 0 bridgehead atoms. The van der Waals surface area contributed by atoms with Gasteiger partial charge in [0.15, 0.2) is 0 Å². The molecular weight excluding hydrogens is 336 g/mol. The molecule has 2 aliphatic heterocycles. The van der Waals surface area contributed by atoms with Crippen LogP contribution in [0.4, 0.5) is 0 Å².